The van der Waals surface area contributed by atoms with Gasteiger partial charge in [0, 0.05) is 16.5 Å². The van der Waals surface area contributed by atoms with E-state index in [1.807, 2.05) is 0 Å². The molecular weight excluding hydrogens is 452 g/mol. The van der Waals surface area contributed by atoms with Gasteiger partial charge in [0.05, 0.1) is 34.0 Å². The van der Waals surface area contributed by atoms with Crippen molar-refractivity contribution < 1.29 is 37.7 Å². The molecule has 1 heterocycles. The van der Waals surface area contributed by atoms with Crippen LogP contribution in [0.2, 0.25) is 0 Å². The van der Waals surface area contributed by atoms with E-state index < -0.39 is 0 Å². The third kappa shape index (κ3) is 4.77. The van der Waals surface area contributed by atoms with Crippen LogP contribution in [0.25, 0.3) is 11.0 Å². The summed E-state index contributed by atoms with van der Waals surface area (Å²) in [6.45, 7) is -0.161. The topological polar surface area (TPSA) is 93.4 Å². The summed E-state index contributed by atoms with van der Waals surface area (Å²) in [6.07, 6.45) is 1.39. The lowest BCUT2D eigenvalue weighted by atomic mass is 10.0. The quantitative estimate of drug-likeness (QED) is 0.297. The zero-order valence-corrected chi connectivity index (χ0v) is 19.7. The van der Waals surface area contributed by atoms with E-state index in [0.717, 1.165) is 0 Å². The molecule has 0 fully saturated rings. The predicted molar refractivity (Wildman–Crippen MR) is 129 cm³/mol. The minimum atomic E-state index is -0.297. The van der Waals surface area contributed by atoms with Crippen LogP contribution in [0.4, 0.5) is 0 Å². The number of rotatable bonds is 10. The molecule has 0 aliphatic heterocycles. The molecule has 35 heavy (non-hydrogen) atoms. The van der Waals surface area contributed by atoms with Gasteiger partial charge in [-0.05, 0) is 54.6 Å². The average Bonchev–Trinajstić information content (AvgIpc) is 3.33. The van der Waals surface area contributed by atoms with Crippen molar-refractivity contribution in [2.45, 2.75) is 0 Å². The molecule has 0 aliphatic rings. The largest absolute Gasteiger partial charge is 0.497 e. The molecule has 4 aromatic rings. The highest BCUT2D eigenvalue weighted by Crippen LogP contribution is 2.39. The summed E-state index contributed by atoms with van der Waals surface area (Å²) in [5.41, 5.74) is 1.69. The second-order valence-corrected chi connectivity index (χ2v) is 7.49. The fourth-order valence-electron chi connectivity index (χ4n) is 3.65. The van der Waals surface area contributed by atoms with Crippen LogP contribution in [0, 0.1) is 0 Å². The van der Waals surface area contributed by atoms with Crippen molar-refractivity contribution in [1.29, 1.82) is 0 Å². The van der Waals surface area contributed by atoms with Gasteiger partial charge in [-0.3, -0.25) is 9.59 Å². The zero-order valence-electron chi connectivity index (χ0n) is 19.7. The molecule has 180 valence electrons. The normalized spacial score (nSPS) is 10.6. The van der Waals surface area contributed by atoms with E-state index >= 15 is 0 Å². The van der Waals surface area contributed by atoms with Gasteiger partial charge in [-0.25, -0.2) is 0 Å². The first-order valence-corrected chi connectivity index (χ1v) is 10.6. The number of hydrogen-bond acceptors (Lipinski definition) is 8. The molecule has 0 spiro atoms. The number of Topliss-reactive ketones (excluding diaryl/α,β-unsaturated/α-hetero) is 1. The SMILES string of the molecule is COc1ccc(C(=O)COc2ccc3occ(C(=O)c4cc(OC)c(OC)c(OC)c4)c3c2)cc1. The average molecular weight is 476 g/mol. The number of ketones is 2. The van der Waals surface area contributed by atoms with Crippen molar-refractivity contribution in [3.05, 3.63) is 77.6 Å². The minimum Gasteiger partial charge on any atom is -0.497 e. The van der Waals surface area contributed by atoms with Gasteiger partial charge in [0.2, 0.25) is 5.75 Å². The van der Waals surface area contributed by atoms with Crippen molar-refractivity contribution in [3.8, 4) is 28.7 Å². The van der Waals surface area contributed by atoms with E-state index in [4.69, 9.17) is 28.1 Å². The van der Waals surface area contributed by atoms with Crippen LogP contribution in [0.5, 0.6) is 28.7 Å². The molecule has 0 amide bonds. The molecule has 4 rings (SSSR count). The number of ether oxygens (including phenoxy) is 5. The molecule has 0 saturated carbocycles. The molecule has 0 saturated heterocycles. The minimum absolute atomic E-state index is 0.161. The molecule has 3 aromatic carbocycles. The number of carbonyl (C=O) groups is 2. The van der Waals surface area contributed by atoms with E-state index in [-0.39, 0.29) is 18.2 Å². The van der Waals surface area contributed by atoms with Gasteiger partial charge in [0.15, 0.2) is 29.7 Å². The molecule has 8 heteroatoms. The van der Waals surface area contributed by atoms with Crippen LogP contribution in [-0.4, -0.2) is 46.6 Å². The Labute approximate surface area is 201 Å². The van der Waals surface area contributed by atoms with E-state index in [9.17, 15) is 9.59 Å². The third-order valence-corrected chi connectivity index (χ3v) is 5.50. The van der Waals surface area contributed by atoms with Crippen LogP contribution >= 0.6 is 0 Å². The first kappa shape index (κ1) is 23.7. The molecule has 0 atom stereocenters. The maximum absolute atomic E-state index is 13.4. The highest BCUT2D eigenvalue weighted by molar-refractivity contribution is 6.16. The Hall–Kier alpha value is -4.46. The summed E-state index contributed by atoms with van der Waals surface area (Å²) in [4.78, 5) is 25.8. The van der Waals surface area contributed by atoms with Gasteiger partial charge in [-0.2, -0.15) is 0 Å². The molecule has 8 nitrogen and oxygen atoms in total. The van der Waals surface area contributed by atoms with Gasteiger partial charge in [0.1, 0.15) is 23.3 Å². The Morgan fingerprint density at radius 2 is 1.40 bits per heavy atom. The Bertz CT molecular complexity index is 1340. The second-order valence-electron chi connectivity index (χ2n) is 7.49. The number of carbonyl (C=O) groups excluding carboxylic acids is 2. The molecule has 0 unspecified atom stereocenters. The van der Waals surface area contributed by atoms with E-state index in [2.05, 4.69) is 0 Å². The predicted octanol–water partition coefficient (Wildman–Crippen LogP) is 4.96. The highest BCUT2D eigenvalue weighted by Gasteiger charge is 2.21. The Morgan fingerprint density at radius 3 is 2.00 bits per heavy atom. The van der Waals surface area contributed by atoms with Gasteiger partial charge in [-0.1, -0.05) is 0 Å². The molecule has 0 radical (unpaired) electrons. The fraction of sp³-hybridized carbons (Fsp3) is 0.185. The molecule has 0 N–H and O–H groups in total. The standard InChI is InChI=1S/C27H24O8/c1-30-18-7-5-16(6-8-18)22(28)15-34-19-9-10-23-20(13-19)21(14-35-23)26(29)17-11-24(31-2)27(33-4)25(12-17)32-3/h5-14H,15H2,1-4H3. The van der Waals surface area contributed by atoms with E-state index in [0.29, 0.717) is 56.4 Å². The van der Waals surface area contributed by atoms with Crippen LogP contribution in [0.3, 0.4) is 0 Å². The van der Waals surface area contributed by atoms with Gasteiger partial charge < -0.3 is 28.1 Å². The molecular formula is C27H24O8. The smallest absolute Gasteiger partial charge is 0.203 e. The molecule has 0 bridgehead atoms. The highest BCUT2D eigenvalue weighted by atomic mass is 16.5. The Kier molecular flexibility index (Phi) is 6.91. The number of furan rings is 1. The summed E-state index contributed by atoms with van der Waals surface area (Å²) in [5.74, 6) is 1.73. The summed E-state index contributed by atoms with van der Waals surface area (Å²) in [6, 6.07) is 15.0. The summed E-state index contributed by atoms with van der Waals surface area (Å²) in [7, 11) is 6.02. The van der Waals surface area contributed by atoms with Gasteiger partial charge >= 0.3 is 0 Å². The number of fused-ring (bicyclic) bond motifs is 1. The van der Waals surface area contributed by atoms with Crippen LogP contribution < -0.4 is 23.7 Å². The van der Waals surface area contributed by atoms with Crippen LogP contribution in [0.15, 0.2) is 65.3 Å². The van der Waals surface area contributed by atoms with Crippen molar-refractivity contribution in [3.63, 3.8) is 0 Å². The van der Waals surface area contributed by atoms with E-state index in [1.54, 1.807) is 61.7 Å². The molecule has 0 aliphatic carbocycles. The Balaban J connectivity index is 1.58. The maximum Gasteiger partial charge on any atom is 0.203 e. The Morgan fingerprint density at radius 1 is 0.743 bits per heavy atom. The van der Waals surface area contributed by atoms with Crippen molar-refractivity contribution in [2.24, 2.45) is 0 Å². The molecule has 1 aromatic heterocycles. The lowest BCUT2D eigenvalue weighted by molar-refractivity contribution is 0.0921. The third-order valence-electron chi connectivity index (χ3n) is 5.50. The maximum atomic E-state index is 13.4. The fourth-order valence-corrected chi connectivity index (χ4v) is 3.65. The van der Waals surface area contributed by atoms with Crippen molar-refractivity contribution in [1.82, 2.24) is 0 Å². The lowest BCUT2D eigenvalue weighted by Crippen LogP contribution is -2.11. The summed E-state index contributed by atoms with van der Waals surface area (Å²) >= 11 is 0. The van der Waals surface area contributed by atoms with Crippen LogP contribution in [-0.2, 0) is 0 Å². The van der Waals surface area contributed by atoms with Crippen molar-refractivity contribution in [2.75, 3.05) is 35.0 Å². The monoisotopic (exact) mass is 476 g/mol. The number of methoxy groups -OCH3 is 4. The lowest BCUT2D eigenvalue weighted by Gasteiger charge is -2.13. The zero-order chi connectivity index (χ0) is 24.9. The first-order chi connectivity index (χ1) is 17.0. The number of benzene rings is 3. The summed E-state index contributed by atoms with van der Waals surface area (Å²) < 4.78 is 32.4. The van der Waals surface area contributed by atoms with Gasteiger partial charge in [-0.15, -0.1) is 0 Å². The number of hydrogen-bond donors (Lipinski definition) is 0. The second kappa shape index (κ2) is 10.2. The van der Waals surface area contributed by atoms with Crippen LogP contribution in [0.1, 0.15) is 26.3 Å². The first-order valence-electron chi connectivity index (χ1n) is 10.6. The van der Waals surface area contributed by atoms with Gasteiger partial charge in [0.25, 0.3) is 0 Å². The van der Waals surface area contributed by atoms with Crippen molar-refractivity contribution >= 4 is 22.5 Å². The summed E-state index contributed by atoms with van der Waals surface area (Å²) in [5, 5.41) is 0.554. The van der Waals surface area contributed by atoms with E-state index in [1.165, 1.54) is 27.6 Å².